The van der Waals surface area contributed by atoms with E-state index >= 15 is 0 Å². The van der Waals surface area contributed by atoms with Crippen molar-refractivity contribution in [3.8, 4) is 5.75 Å². The molecule has 104 valence electrons. The first-order chi connectivity index (χ1) is 8.94. The standard InChI is InChI=1S/C10H13N3O5S/c1-18-9-3-2-8(13(14)15)4-10(9)19(16,17)12-7-5-11-6-7/h2-4,7,11-12H,5-6H2,1H3. The molecular weight excluding hydrogens is 274 g/mol. The van der Waals surface area contributed by atoms with E-state index in [1.807, 2.05) is 0 Å². The lowest BCUT2D eigenvalue weighted by atomic mass is 10.2. The van der Waals surface area contributed by atoms with Crippen molar-refractivity contribution in [2.24, 2.45) is 0 Å². The largest absolute Gasteiger partial charge is 0.495 e. The zero-order chi connectivity index (χ0) is 14.0. The molecule has 0 amide bonds. The number of non-ortho nitro benzene ring substituents is 1. The van der Waals surface area contributed by atoms with Gasteiger partial charge in [0, 0.05) is 31.3 Å². The number of nitro benzene ring substituents is 1. The van der Waals surface area contributed by atoms with Crippen molar-refractivity contribution in [1.82, 2.24) is 10.0 Å². The summed E-state index contributed by atoms with van der Waals surface area (Å²) in [5.74, 6) is 0.0744. The van der Waals surface area contributed by atoms with Gasteiger partial charge in [-0.1, -0.05) is 0 Å². The summed E-state index contributed by atoms with van der Waals surface area (Å²) in [6.07, 6.45) is 0. The summed E-state index contributed by atoms with van der Waals surface area (Å²) in [6, 6.07) is 3.26. The maximum atomic E-state index is 12.1. The van der Waals surface area contributed by atoms with Crippen LogP contribution in [0.25, 0.3) is 0 Å². The Bertz CT molecular complexity index is 597. The lowest BCUT2D eigenvalue weighted by molar-refractivity contribution is -0.385. The van der Waals surface area contributed by atoms with Gasteiger partial charge >= 0.3 is 0 Å². The van der Waals surface area contributed by atoms with Crippen molar-refractivity contribution in [3.63, 3.8) is 0 Å². The molecule has 1 aromatic carbocycles. The Morgan fingerprint density at radius 2 is 2.16 bits per heavy atom. The van der Waals surface area contributed by atoms with Gasteiger partial charge in [0.2, 0.25) is 10.0 Å². The van der Waals surface area contributed by atoms with Gasteiger partial charge in [-0.15, -0.1) is 0 Å². The van der Waals surface area contributed by atoms with Crippen molar-refractivity contribution >= 4 is 15.7 Å². The van der Waals surface area contributed by atoms with Gasteiger partial charge in [0.15, 0.2) is 0 Å². The summed E-state index contributed by atoms with van der Waals surface area (Å²) in [6.45, 7) is 1.08. The molecule has 1 aliphatic heterocycles. The van der Waals surface area contributed by atoms with Gasteiger partial charge in [-0.3, -0.25) is 10.1 Å². The molecule has 19 heavy (non-hydrogen) atoms. The molecule has 0 radical (unpaired) electrons. The van der Waals surface area contributed by atoms with Crippen LogP contribution in [0, 0.1) is 10.1 Å². The minimum Gasteiger partial charge on any atom is -0.495 e. The van der Waals surface area contributed by atoms with Crippen molar-refractivity contribution in [3.05, 3.63) is 28.3 Å². The summed E-state index contributed by atoms with van der Waals surface area (Å²) < 4.78 is 31.7. The van der Waals surface area contributed by atoms with E-state index in [4.69, 9.17) is 4.74 Å². The highest BCUT2D eigenvalue weighted by Crippen LogP contribution is 2.28. The van der Waals surface area contributed by atoms with Crippen molar-refractivity contribution in [2.75, 3.05) is 20.2 Å². The van der Waals surface area contributed by atoms with Crippen molar-refractivity contribution < 1.29 is 18.1 Å². The van der Waals surface area contributed by atoms with E-state index in [1.54, 1.807) is 0 Å². The van der Waals surface area contributed by atoms with Crippen LogP contribution in [0.3, 0.4) is 0 Å². The van der Waals surface area contributed by atoms with E-state index in [1.165, 1.54) is 19.2 Å². The molecule has 1 saturated heterocycles. The molecule has 1 aliphatic rings. The minimum atomic E-state index is -3.84. The first-order valence-electron chi connectivity index (χ1n) is 5.49. The second kappa shape index (κ2) is 5.11. The molecule has 2 N–H and O–H groups in total. The Morgan fingerprint density at radius 1 is 1.47 bits per heavy atom. The van der Waals surface area contributed by atoms with Gasteiger partial charge in [-0.25, -0.2) is 13.1 Å². The molecule has 0 aliphatic carbocycles. The second-order valence-corrected chi connectivity index (χ2v) is 5.75. The fourth-order valence-electron chi connectivity index (χ4n) is 1.64. The predicted octanol–water partition coefficient (Wildman–Crippen LogP) is -0.147. The maximum absolute atomic E-state index is 12.1. The average molecular weight is 287 g/mol. The first-order valence-corrected chi connectivity index (χ1v) is 6.98. The lowest BCUT2D eigenvalue weighted by Gasteiger charge is -2.27. The third-order valence-electron chi connectivity index (χ3n) is 2.75. The summed E-state index contributed by atoms with van der Waals surface area (Å²) >= 11 is 0. The second-order valence-electron chi connectivity index (χ2n) is 4.07. The molecule has 0 spiro atoms. The topological polar surface area (TPSA) is 111 Å². The molecular formula is C10H13N3O5S. The van der Waals surface area contributed by atoms with Gasteiger partial charge in [-0.05, 0) is 6.07 Å². The molecule has 0 atom stereocenters. The Hall–Kier alpha value is -1.71. The Kier molecular flexibility index (Phi) is 3.69. The van der Waals surface area contributed by atoms with Crippen LogP contribution in [0.2, 0.25) is 0 Å². The number of benzene rings is 1. The van der Waals surface area contributed by atoms with Crippen LogP contribution in [0.15, 0.2) is 23.1 Å². The van der Waals surface area contributed by atoms with Crippen molar-refractivity contribution in [2.45, 2.75) is 10.9 Å². The van der Waals surface area contributed by atoms with E-state index in [-0.39, 0.29) is 22.4 Å². The number of sulfonamides is 1. The molecule has 0 unspecified atom stereocenters. The number of nitro groups is 1. The fraction of sp³-hybridized carbons (Fsp3) is 0.400. The van der Waals surface area contributed by atoms with E-state index in [2.05, 4.69) is 10.0 Å². The monoisotopic (exact) mass is 287 g/mol. The van der Waals surface area contributed by atoms with E-state index in [9.17, 15) is 18.5 Å². The summed E-state index contributed by atoms with van der Waals surface area (Å²) in [4.78, 5) is 9.83. The average Bonchev–Trinajstić information content (AvgIpc) is 2.33. The molecule has 0 aromatic heterocycles. The molecule has 1 aromatic rings. The van der Waals surface area contributed by atoms with Crippen LogP contribution >= 0.6 is 0 Å². The van der Waals surface area contributed by atoms with Gasteiger partial charge in [-0.2, -0.15) is 0 Å². The Labute approximate surface area is 110 Å². The normalized spacial score (nSPS) is 15.8. The summed E-state index contributed by atoms with van der Waals surface area (Å²) in [7, 11) is -2.53. The van der Waals surface area contributed by atoms with Gasteiger partial charge in [0.05, 0.1) is 12.0 Å². The predicted molar refractivity (Wildman–Crippen MR) is 66.6 cm³/mol. The maximum Gasteiger partial charge on any atom is 0.271 e. The van der Waals surface area contributed by atoms with Crippen LogP contribution in [-0.4, -0.2) is 39.6 Å². The van der Waals surface area contributed by atoms with Crippen LogP contribution in [0.4, 0.5) is 5.69 Å². The Balaban J connectivity index is 2.39. The third-order valence-corrected chi connectivity index (χ3v) is 4.29. The first kappa shape index (κ1) is 13.7. The van der Waals surface area contributed by atoms with Crippen LogP contribution in [0.1, 0.15) is 0 Å². The van der Waals surface area contributed by atoms with E-state index < -0.39 is 14.9 Å². The smallest absolute Gasteiger partial charge is 0.271 e. The number of nitrogens with zero attached hydrogens (tertiary/aromatic N) is 1. The minimum absolute atomic E-state index is 0.0744. The zero-order valence-corrected chi connectivity index (χ0v) is 10.9. The highest BCUT2D eigenvalue weighted by atomic mass is 32.2. The molecule has 2 rings (SSSR count). The molecule has 9 heteroatoms. The highest BCUT2D eigenvalue weighted by molar-refractivity contribution is 7.89. The quantitative estimate of drug-likeness (QED) is 0.575. The molecule has 1 fully saturated rings. The fourth-order valence-corrected chi connectivity index (χ4v) is 3.07. The van der Waals surface area contributed by atoms with Crippen LogP contribution < -0.4 is 14.8 Å². The summed E-state index contributed by atoms with van der Waals surface area (Å²) in [5.41, 5.74) is -0.298. The molecule has 8 nitrogen and oxygen atoms in total. The van der Waals surface area contributed by atoms with Gasteiger partial charge in [0.1, 0.15) is 10.6 Å². The summed E-state index contributed by atoms with van der Waals surface area (Å²) in [5, 5.41) is 13.6. The number of ether oxygens (including phenoxy) is 1. The molecule has 0 bridgehead atoms. The number of methoxy groups -OCH3 is 1. The number of hydrogen-bond acceptors (Lipinski definition) is 6. The van der Waals surface area contributed by atoms with Gasteiger partial charge < -0.3 is 10.1 Å². The highest BCUT2D eigenvalue weighted by Gasteiger charge is 2.28. The molecule has 0 saturated carbocycles. The van der Waals surface area contributed by atoms with Crippen LogP contribution in [0.5, 0.6) is 5.75 Å². The van der Waals surface area contributed by atoms with E-state index in [0.717, 1.165) is 6.07 Å². The third kappa shape index (κ3) is 2.83. The van der Waals surface area contributed by atoms with Crippen molar-refractivity contribution in [1.29, 1.82) is 0 Å². The van der Waals surface area contributed by atoms with Crippen LogP contribution in [-0.2, 0) is 10.0 Å². The number of nitrogens with one attached hydrogen (secondary N) is 2. The molecule has 1 heterocycles. The SMILES string of the molecule is COc1ccc([N+](=O)[O-])cc1S(=O)(=O)NC1CNC1. The number of rotatable bonds is 5. The Morgan fingerprint density at radius 3 is 2.63 bits per heavy atom. The van der Waals surface area contributed by atoms with E-state index in [0.29, 0.717) is 13.1 Å². The van der Waals surface area contributed by atoms with Gasteiger partial charge in [0.25, 0.3) is 5.69 Å². The lowest BCUT2D eigenvalue weighted by Crippen LogP contribution is -2.56. The number of hydrogen-bond donors (Lipinski definition) is 2. The zero-order valence-electron chi connectivity index (χ0n) is 10.1.